The second-order valence-corrected chi connectivity index (χ2v) is 3.34. The van der Waals surface area contributed by atoms with Crippen molar-refractivity contribution in [2.45, 2.75) is 6.42 Å². The van der Waals surface area contributed by atoms with E-state index in [0.717, 1.165) is 23.4 Å². The molecule has 0 spiro atoms. The SMILES string of the molecule is S=C=Nc1cccc(C=CCCS)c1. The number of allylic oxidation sites excluding steroid dienone is 1. The highest BCUT2D eigenvalue weighted by atomic mass is 32.1. The van der Waals surface area contributed by atoms with Crippen LogP contribution in [0.2, 0.25) is 0 Å². The highest BCUT2D eigenvalue weighted by Gasteiger charge is 1.89. The lowest BCUT2D eigenvalue weighted by Crippen LogP contribution is -1.72. The fraction of sp³-hybridized carbons (Fsp3) is 0.182. The largest absolute Gasteiger partial charge is 0.195 e. The Bertz CT molecular complexity index is 365. The van der Waals surface area contributed by atoms with Gasteiger partial charge < -0.3 is 0 Å². The van der Waals surface area contributed by atoms with Crippen LogP contribution in [0.1, 0.15) is 12.0 Å². The van der Waals surface area contributed by atoms with E-state index in [-0.39, 0.29) is 0 Å². The second kappa shape index (κ2) is 6.55. The van der Waals surface area contributed by atoms with Gasteiger partial charge in [-0.05, 0) is 42.1 Å². The molecule has 0 radical (unpaired) electrons. The Morgan fingerprint density at radius 1 is 1.50 bits per heavy atom. The van der Waals surface area contributed by atoms with Crippen molar-refractivity contribution in [1.29, 1.82) is 0 Å². The summed E-state index contributed by atoms with van der Waals surface area (Å²) in [5, 5.41) is 2.35. The molecule has 0 aliphatic rings. The zero-order valence-corrected chi connectivity index (χ0v) is 9.39. The molecule has 0 bridgehead atoms. The first-order chi connectivity index (χ1) is 6.86. The lowest BCUT2D eigenvalue weighted by atomic mass is 10.2. The predicted octanol–water partition coefficient (Wildman–Crippen LogP) is 3.75. The van der Waals surface area contributed by atoms with Crippen molar-refractivity contribution in [2.24, 2.45) is 4.99 Å². The van der Waals surface area contributed by atoms with E-state index >= 15 is 0 Å². The Balaban J connectivity index is 2.77. The average Bonchev–Trinajstić information content (AvgIpc) is 2.19. The van der Waals surface area contributed by atoms with Gasteiger partial charge in [0, 0.05) is 0 Å². The van der Waals surface area contributed by atoms with E-state index in [9.17, 15) is 0 Å². The van der Waals surface area contributed by atoms with Crippen LogP contribution in [-0.4, -0.2) is 10.9 Å². The number of hydrogen-bond donors (Lipinski definition) is 1. The molecule has 0 N–H and O–H groups in total. The Morgan fingerprint density at radius 2 is 2.36 bits per heavy atom. The van der Waals surface area contributed by atoms with Gasteiger partial charge in [0.05, 0.1) is 10.8 Å². The molecule has 1 aromatic carbocycles. The van der Waals surface area contributed by atoms with Gasteiger partial charge in [-0.25, -0.2) is 0 Å². The zero-order chi connectivity index (χ0) is 10.2. The Hall–Kier alpha value is -0.890. The van der Waals surface area contributed by atoms with Gasteiger partial charge in [-0.2, -0.15) is 17.6 Å². The highest BCUT2D eigenvalue weighted by Crippen LogP contribution is 2.14. The monoisotopic (exact) mass is 221 g/mol. The smallest absolute Gasteiger partial charge is 0.0745 e. The van der Waals surface area contributed by atoms with Gasteiger partial charge in [-0.1, -0.05) is 24.3 Å². The zero-order valence-electron chi connectivity index (χ0n) is 7.68. The lowest BCUT2D eigenvalue weighted by Gasteiger charge is -1.94. The fourth-order valence-electron chi connectivity index (χ4n) is 1.04. The fourth-order valence-corrected chi connectivity index (χ4v) is 1.30. The molecule has 1 rings (SSSR count). The Morgan fingerprint density at radius 3 is 3.07 bits per heavy atom. The molecule has 0 unspecified atom stereocenters. The number of benzene rings is 1. The summed E-state index contributed by atoms with van der Waals surface area (Å²) in [6.45, 7) is 0. The van der Waals surface area contributed by atoms with E-state index in [1.54, 1.807) is 0 Å². The van der Waals surface area contributed by atoms with Crippen LogP contribution < -0.4 is 0 Å². The maximum absolute atomic E-state index is 4.54. The van der Waals surface area contributed by atoms with Crippen LogP contribution in [0.5, 0.6) is 0 Å². The van der Waals surface area contributed by atoms with E-state index in [0.29, 0.717) is 0 Å². The number of thiocarbonyl (C=S) groups is 1. The molecule has 0 amide bonds. The second-order valence-electron chi connectivity index (χ2n) is 2.71. The number of nitrogens with zero attached hydrogens (tertiary/aromatic N) is 1. The van der Waals surface area contributed by atoms with Gasteiger partial charge in [0.15, 0.2) is 0 Å². The number of thiol groups is 1. The number of hydrogen-bond acceptors (Lipinski definition) is 3. The van der Waals surface area contributed by atoms with E-state index < -0.39 is 0 Å². The van der Waals surface area contributed by atoms with Gasteiger partial charge in [-0.3, -0.25) is 0 Å². The molecule has 0 atom stereocenters. The van der Waals surface area contributed by atoms with E-state index in [1.165, 1.54) is 0 Å². The number of isothiocyanates is 1. The van der Waals surface area contributed by atoms with Crippen molar-refractivity contribution in [1.82, 2.24) is 0 Å². The van der Waals surface area contributed by atoms with Crippen molar-refractivity contribution >= 4 is 41.8 Å². The van der Waals surface area contributed by atoms with Crippen molar-refractivity contribution in [3.63, 3.8) is 0 Å². The third-order valence-electron chi connectivity index (χ3n) is 1.65. The van der Waals surface area contributed by atoms with Gasteiger partial charge in [0.2, 0.25) is 0 Å². The van der Waals surface area contributed by atoms with Crippen LogP contribution >= 0.6 is 24.8 Å². The maximum atomic E-state index is 4.54. The molecule has 0 aliphatic heterocycles. The summed E-state index contributed by atoms with van der Waals surface area (Å²) in [5.41, 5.74) is 1.96. The minimum Gasteiger partial charge on any atom is -0.195 e. The summed E-state index contributed by atoms with van der Waals surface area (Å²) in [4.78, 5) is 3.91. The first kappa shape index (κ1) is 11.2. The molecule has 72 valence electrons. The average molecular weight is 221 g/mol. The van der Waals surface area contributed by atoms with Crippen LogP contribution in [0, 0.1) is 0 Å². The summed E-state index contributed by atoms with van der Waals surface area (Å²) in [6.07, 6.45) is 5.12. The number of aliphatic imine (C=N–C) groups is 1. The van der Waals surface area contributed by atoms with Gasteiger partial charge in [0.1, 0.15) is 0 Å². The first-order valence-corrected chi connectivity index (χ1v) is 5.36. The summed E-state index contributed by atoms with van der Waals surface area (Å²) < 4.78 is 0. The third kappa shape index (κ3) is 3.88. The lowest BCUT2D eigenvalue weighted by molar-refractivity contribution is 1.26. The molecular formula is C11H11NS2. The first-order valence-electron chi connectivity index (χ1n) is 4.32. The molecule has 0 aromatic heterocycles. The van der Waals surface area contributed by atoms with Crippen molar-refractivity contribution in [3.05, 3.63) is 35.9 Å². The summed E-state index contributed by atoms with van der Waals surface area (Å²) >= 11 is 8.67. The standard InChI is InChI=1S/C11H11NS2/c13-7-2-1-4-10-5-3-6-11(8-10)12-9-14/h1,3-6,8,13H,2,7H2. The van der Waals surface area contributed by atoms with Gasteiger partial charge in [0.25, 0.3) is 0 Å². The molecule has 0 heterocycles. The van der Waals surface area contributed by atoms with Crippen LogP contribution in [0.15, 0.2) is 35.3 Å². The highest BCUT2D eigenvalue weighted by molar-refractivity contribution is 7.80. The van der Waals surface area contributed by atoms with E-state index in [1.807, 2.05) is 24.3 Å². The maximum Gasteiger partial charge on any atom is 0.0745 e. The molecule has 1 aromatic rings. The minimum absolute atomic E-state index is 0.841. The van der Waals surface area contributed by atoms with Gasteiger partial charge >= 0.3 is 0 Å². The Labute approximate surface area is 95.0 Å². The van der Waals surface area contributed by atoms with Crippen LogP contribution in [0.3, 0.4) is 0 Å². The molecular weight excluding hydrogens is 210 g/mol. The molecule has 0 saturated carbocycles. The summed E-state index contributed by atoms with van der Waals surface area (Å²) in [5.74, 6) is 0.869. The minimum atomic E-state index is 0.841. The predicted molar refractivity (Wildman–Crippen MR) is 68.6 cm³/mol. The topological polar surface area (TPSA) is 12.4 Å². The number of rotatable bonds is 4. The van der Waals surface area contributed by atoms with Crippen LogP contribution in [-0.2, 0) is 0 Å². The van der Waals surface area contributed by atoms with Gasteiger partial charge in [-0.15, -0.1) is 0 Å². The van der Waals surface area contributed by atoms with E-state index in [4.69, 9.17) is 0 Å². The summed E-state index contributed by atoms with van der Waals surface area (Å²) in [7, 11) is 0. The molecule has 0 saturated heterocycles. The molecule has 0 aliphatic carbocycles. The molecule has 14 heavy (non-hydrogen) atoms. The molecule has 1 nitrogen and oxygen atoms in total. The van der Waals surface area contributed by atoms with E-state index in [2.05, 4.69) is 47.2 Å². The Kier molecular flexibility index (Phi) is 5.23. The molecule has 3 heteroatoms. The van der Waals surface area contributed by atoms with Crippen LogP contribution in [0.4, 0.5) is 5.69 Å². The van der Waals surface area contributed by atoms with Crippen molar-refractivity contribution in [3.8, 4) is 0 Å². The summed E-state index contributed by atoms with van der Waals surface area (Å²) in [6, 6.07) is 7.84. The molecule has 0 fully saturated rings. The third-order valence-corrected chi connectivity index (χ3v) is 2.00. The van der Waals surface area contributed by atoms with Crippen molar-refractivity contribution in [2.75, 3.05) is 5.75 Å². The normalized spacial score (nSPS) is 10.1. The quantitative estimate of drug-likeness (QED) is 0.464. The van der Waals surface area contributed by atoms with Crippen molar-refractivity contribution < 1.29 is 0 Å². The van der Waals surface area contributed by atoms with Crippen LogP contribution in [0.25, 0.3) is 6.08 Å².